The van der Waals surface area contributed by atoms with Gasteiger partial charge in [0.15, 0.2) is 0 Å². The maximum atomic E-state index is 13.3. The Labute approximate surface area is 213 Å². The van der Waals surface area contributed by atoms with Crippen LogP contribution in [-0.4, -0.2) is 33.4 Å². The van der Waals surface area contributed by atoms with Crippen LogP contribution in [0.15, 0.2) is 93.0 Å². The van der Waals surface area contributed by atoms with E-state index >= 15 is 0 Å². The molecule has 1 aromatic heterocycles. The largest absolute Gasteiger partial charge is 0.465 e. The van der Waals surface area contributed by atoms with Crippen molar-refractivity contribution in [3.63, 3.8) is 0 Å². The van der Waals surface area contributed by atoms with Gasteiger partial charge in [-0.1, -0.05) is 48.0 Å². The maximum Gasteiger partial charge on any atom is 0.351 e. The lowest BCUT2D eigenvalue weighted by Crippen LogP contribution is -2.45. The van der Waals surface area contributed by atoms with E-state index in [1.165, 1.54) is 36.4 Å². The van der Waals surface area contributed by atoms with E-state index in [0.717, 1.165) is 18.2 Å². The number of hydrogen-bond donors (Lipinski definition) is 2. The summed E-state index contributed by atoms with van der Waals surface area (Å²) in [7, 11) is -2.86. The molecular formula is C27H24N2O7S. The number of amides is 1. The van der Waals surface area contributed by atoms with Gasteiger partial charge in [0.25, 0.3) is 0 Å². The summed E-state index contributed by atoms with van der Waals surface area (Å²) in [5.74, 6) is -1.44. The minimum atomic E-state index is -4.00. The second kappa shape index (κ2) is 10.8. The number of rotatable bonds is 8. The molecule has 1 amide bonds. The van der Waals surface area contributed by atoms with Gasteiger partial charge in [-0.15, -0.1) is 0 Å². The minimum Gasteiger partial charge on any atom is -0.465 e. The van der Waals surface area contributed by atoms with Crippen LogP contribution in [0.2, 0.25) is 0 Å². The zero-order valence-electron chi connectivity index (χ0n) is 20.1. The number of aryl methyl sites for hydroxylation is 1. The fourth-order valence-corrected chi connectivity index (χ4v) is 4.89. The predicted octanol–water partition coefficient (Wildman–Crippen LogP) is 3.42. The van der Waals surface area contributed by atoms with Crippen molar-refractivity contribution in [2.24, 2.45) is 0 Å². The molecule has 0 unspecified atom stereocenters. The molecule has 0 aliphatic rings. The second-order valence-corrected chi connectivity index (χ2v) is 10.1. The number of esters is 1. The molecule has 0 aliphatic heterocycles. The van der Waals surface area contributed by atoms with Gasteiger partial charge >= 0.3 is 11.6 Å². The standard InChI is InChI=1S/C27H24N2O7S/c1-17-8-11-21(12-9-17)37(33,34)29-23(14-18-6-4-3-5-7-18)25(30)28-20-10-13-24-19(15-20)16-22(26(31)35-2)27(32)36-24/h3-13,15-16,23,29H,14H2,1-2H3,(H,28,30)/t23-/m0/s1. The van der Waals surface area contributed by atoms with Crippen LogP contribution in [0.1, 0.15) is 21.5 Å². The van der Waals surface area contributed by atoms with Crippen molar-refractivity contribution in [2.75, 3.05) is 12.4 Å². The number of ether oxygens (including phenoxy) is 1. The number of carbonyl (C=O) groups is 2. The fraction of sp³-hybridized carbons (Fsp3) is 0.148. The normalized spacial score (nSPS) is 12.2. The van der Waals surface area contributed by atoms with Gasteiger partial charge in [0, 0.05) is 11.1 Å². The molecule has 0 bridgehead atoms. The molecule has 0 saturated heterocycles. The first kappa shape index (κ1) is 25.8. The molecule has 0 radical (unpaired) electrons. The third kappa shape index (κ3) is 6.11. The van der Waals surface area contributed by atoms with Crippen LogP contribution in [-0.2, 0) is 26.0 Å². The molecule has 0 saturated carbocycles. The van der Waals surface area contributed by atoms with E-state index in [4.69, 9.17) is 4.42 Å². The van der Waals surface area contributed by atoms with E-state index in [1.54, 1.807) is 36.4 Å². The number of fused-ring (bicyclic) bond motifs is 1. The van der Waals surface area contributed by atoms with E-state index in [9.17, 15) is 22.8 Å². The summed E-state index contributed by atoms with van der Waals surface area (Å²) in [4.78, 5) is 37.2. The van der Waals surface area contributed by atoms with E-state index in [0.29, 0.717) is 11.1 Å². The Hall–Kier alpha value is -4.28. The van der Waals surface area contributed by atoms with Crippen LogP contribution in [0.3, 0.4) is 0 Å². The van der Waals surface area contributed by atoms with E-state index in [1.807, 2.05) is 13.0 Å². The van der Waals surface area contributed by atoms with E-state index in [-0.39, 0.29) is 22.5 Å². The first-order valence-corrected chi connectivity index (χ1v) is 12.7. The van der Waals surface area contributed by atoms with Crippen LogP contribution in [0.4, 0.5) is 5.69 Å². The quantitative estimate of drug-likeness (QED) is 0.269. The molecule has 10 heteroatoms. The number of hydrogen-bond acceptors (Lipinski definition) is 7. The molecule has 4 rings (SSSR count). The van der Waals surface area contributed by atoms with Gasteiger partial charge in [0.2, 0.25) is 15.9 Å². The van der Waals surface area contributed by atoms with Crippen molar-refractivity contribution >= 4 is 38.6 Å². The molecule has 37 heavy (non-hydrogen) atoms. The summed E-state index contributed by atoms with van der Waals surface area (Å²) in [5.41, 5.74) is 1.06. The topological polar surface area (TPSA) is 132 Å². The zero-order chi connectivity index (χ0) is 26.6. The Bertz CT molecular complexity index is 1610. The second-order valence-electron chi connectivity index (χ2n) is 8.36. The molecule has 9 nitrogen and oxygen atoms in total. The Kier molecular flexibility index (Phi) is 7.51. The maximum absolute atomic E-state index is 13.3. The van der Waals surface area contributed by atoms with E-state index in [2.05, 4.69) is 14.8 Å². The van der Waals surface area contributed by atoms with E-state index < -0.39 is 33.6 Å². The first-order chi connectivity index (χ1) is 17.7. The lowest BCUT2D eigenvalue weighted by Gasteiger charge is -2.19. The first-order valence-electron chi connectivity index (χ1n) is 11.3. The lowest BCUT2D eigenvalue weighted by molar-refractivity contribution is -0.117. The van der Waals surface area contributed by atoms with Gasteiger partial charge in [0.1, 0.15) is 17.2 Å². The van der Waals surface area contributed by atoms with Crippen molar-refractivity contribution in [1.29, 1.82) is 0 Å². The van der Waals surface area contributed by atoms with Crippen LogP contribution >= 0.6 is 0 Å². The van der Waals surface area contributed by atoms with Crippen LogP contribution in [0.25, 0.3) is 11.0 Å². The SMILES string of the molecule is COC(=O)c1cc2cc(NC(=O)[C@H](Cc3ccccc3)NS(=O)(=O)c3ccc(C)cc3)ccc2oc1=O. The van der Waals surface area contributed by atoms with Gasteiger partial charge in [-0.2, -0.15) is 4.72 Å². The van der Waals surface area contributed by atoms with Gasteiger partial charge < -0.3 is 14.5 Å². The van der Waals surface area contributed by atoms with Crippen molar-refractivity contribution in [3.8, 4) is 0 Å². The minimum absolute atomic E-state index is 0.0417. The fourth-order valence-electron chi connectivity index (χ4n) is 3.69. The average molecular weight is 521 g/mol. The van der Waals surface area contributed by atoms with Crippen molar-refractivity contribution in [2.45, 2.75) is 24.3 Å². The third-order valence-corrected chi connectivity index (χ3v) is 7.12. The van der Waals surface area contributed by atoms with Crippen molar-refractivity contribution in [3.05, 3.63) is 106 Å². The number of carbonyl (C=O) groups excluding carboxylic acids is 2. The average Bonchev–Trinajstić information content (AvgIpc) is 2.88. The smallest absolute Gasteiger partial charge is 0.351 e. The van der Waals surface area contributed by atoms with Crippen molar-refractivity contribution in [1.82, 2.24) is 4.72 Å². The molecule has 190 valence electrons. The van der Waals surface area contributed by atoms with Gasteiger partial charge in [-0.05, 0) is 55.3 Å². The summed E-state index contributed by atoms with van der Waals surface area (Å²) in [6, 6.07) is 20.0. The monoisotopic (exact) mass is 520 g/mol. The number of sulfonamides is 1. The molecule has 0 aliphatic carbocycles. The highest BCUT2D eigenvalue weighted by atomic mass is 32.2. The number of nitrogens with one attached hydrogen (secondary N) is 2. The summed E-state index contributed by atoms with van der Waals surface area (Å²) < 4.78 is 38.4. The van der Waals surface area contributed by atoms with Gasteiger partial charge in [-0.3, -0.25) is 4.79 Å². The van der Waals surface area contributed by atoms with Crippen molar-refractivity contribution < 1.29 is 27.2 Å². The summed E-state index contributed by atoms with van der Waals surface area (Å²) in [6.07, 6.45) is 0.104. The summed E-state index contributed by atoms with van der Waals surface area (Å²) in [5, 5.41) is 3.09. The zero-order valence-corrected chi connectivity index (χ0v) is 20.9. The van der Waals surface area contributed by atoms with Gasteiger partial charge in [0.05, 0.1) is 12.0 Å². The highest BCUT2D eigenvalue weighted by Gasteiger charge is 2.26. The molecule has 4 aromatic rings. The molecule has 3 aromatic carbocycles. The molecule has 1 heterocycles. The Morgan fingerprint density at radius 1 is 0.973 bits per heavy atom. The van der Waals surface area contributed by atoms with Crippen LogP contribution in [0.5, 0.6) is 0 Å². The summed E-state index contributed by atoms with van der Waals surface area (Å²) >= 11 is 0. The number of benzene rings is 3. The van der Waals surface area contributed by atoms with Crippen LogP contribution in [0, 0.1) is 6.92 Å². The Morgan fingerprint density at radius 2 is 1.68 bits per heavy atom. The predicted molar refractivity (Wildman–Crippen MR) is 138 cm³/mol. The molecule has 0 spiro atoms. The molecule has 2 N–H and O–H groups in total. The molecule has 0 fully saturated rings. The lowest BCUT2D eigenvalue weighted by atomic mass is 10.1. The molecule has 1 atom stereocenters. The van der Waals surface area contributed by atoms with Crippen LogP contribution < -0.4 is 15.7 Å². The Morgan fingerprint density at radius 3 is 2.35 bits per heavy atom. The highest BCUT2D eigenvalue weighted by molar-refractivity contribution is 7.89. The third-order valence-electron chi connectivity index (χ3n) is 5.63. The molecular weight excluding hydrogens is 496 g/mol. The van der Waals surface area contributed by atoms with Gasteiger partial charge in [-0.25, -0.2) is 18.0 Å². The number of anilines is 1. The summed E-state index contributed by atoms with van der Waals surface area (Å²) in [6.45, 7) is 1.85. The number of methoxy groups -OCH3 is 1. The highest BCUT2D eigenvalue weighted by Crippen LogP contribution is 2.20. The Balaban J connectivity index is 1.63.